The van der Waals surface area contributed by atoms with Gasteiger partial charge in [-0.1, -0.05) is 48.5 Å². The number of para-hydroxylation sites is 1. The van der Waals surface area contributed by atoms with Crippen molar-refractivity contribution in [1.82, 2.24) is 15.5 Å². The Morgan fingerprint density at radius 2 is 1.76 bits per heavy atom. The van der Waals surface area contributed by atoms with Crippen molar-refractivity contribution in [3.05, 3.63) is 71.5 Å². The first kappa shape index (κ1) is 25.0. The van der Waals surface area contributed by atoms with Crippen LogP contribution in [0.1, 0.15) is 22.8 Å². The fraction of sp³-hybridized carbons (Fsp3) is 0.360. The number of carbonyl (C=O) groups is 1. The Hall–Kier alpha value is -2.59. The number of halogens is 1. The first-order valence-corrected chi connectivity index (χ1v) is 11.0. The SMILES string of the molecule is CN=C(NCc1oc2ccccc2c1C)NCC(C(=O)N1CCOCC1)c1ccccc1.I. The third-order valence-electron chi connectivity index (χ3n) is 5.88. The van der Waals surface area contributed by atoms with E-state index in [0.29, 0.717) is 45.4 Å². The average Bonchev–Trinajstić information content (AvgIpc) is 3.17. The van der Waals surface area contributed by atoms with Gasteiger partial charge in [0.2, 0.25) is 5.91 Å². The molecule has 1 saturated heterocycles. The number of fused-ring (bicyclic) bond motifs is 1. The molecule has 8 heteroatoms. The minimum Gasteiger partial charge on any atom is -0.459 e. The number of aryl methyl sites for hydroxylation is 1. The number of rotatable bonds is 6. The number of hydrogen-bond acceptors (Lipinski definition) is 4. The highest BCUT2D eigenvalue weighted by molar-refractivity contribution is 14.0. The van der Waals surface area contributed by atoms with Gasteiger partial charge in [0.05, 0.1) is 25.7 Å². The smallest absolute Gasteiger partial charge is 0.232 e. The lowest BCUT2D eigenvalue weighted by atomic mass is 9.97. The van der Waals surface area contributed by atoms with E-state index in [1.807, 2.05) is 53.4 Å². The molecule has 1 aliphatic rings. The summed E-state index contributed by atoms with van der Waals surface area (Å²) in [5.74, 6) is 1.30. The van der Waals surface area contributed by atoms with E-state index in [1.165, 1.54) is 0 Å². The van der Waals surface area contributed by atoms with E-state index < -0.39 is 0 Å². The maximum absolute atomic E-state index is 13.3. The fourth-order valence-corrected chi connectivity index (χ4v) is 4.01. The van der Waals surface area contributed by atoms with Crippen LogP contribution in [-0.4, -0.2) is 56.7 Å². The Bertz CT molecular complexity index is 1080. The van der Waals surface area contributed by atoms with E-state index in [4.69, 9.17) is 9.15 Å². The van der Waals surface area contributed by atoms with E-state index >= 15 is 0 Å². The molecule has 2 N–H and O–H groups in total. The molecule has 1 aliphatic heterocycles. The molecule has 0 aliphatic carbocycles. The number of morpholine rings is 1. The van der Waals surface area contributed by atoms with Gasteiger partial charge in [-0.15, -0.1) is 24.0 Å². The molecule has 0 saturated carbocycles. The lowest BCUT2D eigenvalue weighted by Crippen LogP contribution is -2.47. The van der Waals surface area contributed by atoms with Crippen LogP contribution in [0.3, 0.4) is 0 Å². The van der Waals surface area contributed by atoms with Gasteiger partial charge in [0.15, 0.2) is 5.96 Å². The quantitative estimate of drug-likeness (QED) is 0.273. The minimum absolute atomic E-state index is 0. The van der Waals surface area contributed by atoms with Crippen LogP contribution in [0.15, 0.2) is 64.0 Å². The summed E-state index contributed by atoms with van der Waals surface area (Å²) in [4.78, 5) is 19.5. The summed E-state index contributed by atoms with van der Waals surface area (Å²) in [5, 5.41) is 7.76. The number of ether oxygens (including phenoxy) is 1. The number of nitrogens with zero attached hydrogens (tertiary/aromatic N) is 2. The number of carbonyl (C=O) groups excluding carboxylic acids is 1. The summed E-state index contributed by atoms with van der Waals surface area (Å²) >= 11 is 0. The van der Waals surface area contributed by atoms with Crippen LogP contribution < -0.4 is 10.6 Å². The molecule has 7 nitrogen and oxygen atoms in total. The zero-order valence-corrected chi connectivity index (χ0v) is 21.4. The van der Waals surface area contributed by atoms with Crippen molar-refractivity contribution in [3.8, 4) is 0 Å². The van der Waals surface area contributed by atoms with Crippen LogP contribution in [0.25, 0.3) is 11.0 Å². The Balaban J connectivity index is 0.00000306. The molecule has 4 rings (SSSR count). The second kappa shape index (κ2) is 12.0. The zero-order chi connectivity index (χ0) is 22.3. The van der Waals surface area contributed by atoms with Gasteiger partial charge in [-0.05, 0) is 18.6 Å². The van der Waals surface area contributed by atoms with Crippen molar-refractivity contribution in [2.45, 2.75) is 19.4 Å². The van der Waals surface area contributed by atoms with Gasteiger partial charge in [-0.2, -0.15) is 0 Å². The van der Waals surface area contributed by atoms with Gasteiger partial charge in [0, 0.05) is 37.6 Å². The van der Waals surface area contributed by atoms with E-state index in [1.54, 1.807) is 7.05 Å². The number of nitrogens with one attached hydrogen (secondary N) is 2. The highest BCUT2D eigenvalue weighted by atomic mass is 127. The van der Waals surface area contributed by atoms with Gasteiger partial charge < -0.3 is 24.7 Å². The van der Waals surface area contributed by atoms with E-state index in [9.17, 15) is 4.79 Å². The molecule has 0 spiro atoms. The van der Waals surface area contributed by atoms with Crippen LogP contribution in [0.5, 0.6) is 0 Å². The lowest BCUT2D eigenvalue weighted by molar-refractivity contribution is -0.136. The summed E-state index contributed by atoms with van der Waals surface area (Å²) < 4.78 is 11.4. The molecule has 3 aromatic rings. The van der Waals surface area contributed by atoms with Crippen LogP contribution in [0.4, 0.5) is 0 Å². The van der Waals surface area contributed by atoms with Gasteiger partial charge >= 0.3 is 0 Å². The van der Waals surface area contributed by atoms with Gasteiger partial charge in [0.1, 0.15) is 11.3 Å². The Morgan fingerprint density at radius 3 is 2.45 bits per heavy atom. The molecule has 1 atom stereocenters. The van der Waals surface area contributed by atoms with Crippen molar-refractivity contribution in [1.29, 1.82) is 0 Å². The Labute approximate surface area is 211 Å². The third kappa shape index (κ3) is 6.05. The van der Waals surface area contributed by atoms with Crippen molar-refractivity contribution >= 4 is 46.8 Å². The van der Waals surface area contributed by atoms with E-state index in [2.05, 4.69) is 28.6 Å². The summed E-state index contributed by atoms with van der Waals surface area (Å²) in [7, 11) is 1.72. The molecule has 0 radical (unpaired) electrons. The van der Waals surface area contributed by atoms with E-state index in [-0.39, 0.29) is 35.8 Å². The Kier molecular flexibility index (Phi) is 9.13. The van der Waals surface area contributed by atoms with E-state index in [0.717, 1.165) is 27.9 Å². The predicted molar refractivity (Wildman–Crippen MR) is 141 cm³/mol. The molecule has 1 amide bonds. The average molecular weight is 562 g/mol. The second-order valence-corrected chi connectivity index (χ2v) is 7.85. The molecule has 176 valence electrons. The summed E-state index contributed by atoms with van der Waals surface area (Å²) in [6.07, 6.45) is 0. The Morgan fingerprint density at radius 1 is 1.06 bits per heavy atom. The molecule has 1 fully saturated rings. The molecule has 2 aromatic carbocycles. The highest BCUT2D eigenvalue weighted by Gasteiger charge is 2.27. The largest absolute Gasteiger partial charge is 0.459 e. The number of aliphatic imine (C=N–C) groups is 1. The number of amides is 1. The molecule has 33 heavy (non-hydrogen) atoms. The first-order valence-electron chi connectivity index (χ1n) is 11.0. The second-order valence-electron chi connectivity index (χ2n) is 7.85. The van der Waals surface area contributed by atoms with Crippen LogP contribution in [0.2, 0.25) is 0 Å². The van der Waals surface area contributed by atoms with Crippen molar-refractivity contribution < 1.29 is 13.9 Å². The van der Waals surface area contributed by atoms with Gasteiger partial charge in [-0.3, -0.25) is 9.79 Å². The topological polar surface area (TPSA) is 79.1 Å². The zero-order valence-electron chi connectivity index (χ0n) is 19.0. The monoisotopic (exact) mass is 562 g/mol. The standard InChI is InChI=1S/C25H30N4O3.HI/c1-18-20-10-6-7-11-22(20)32-23(18)17-28-25(26-2)27-16-21(19-8-4-3-5-9-19)24(30)29-12-14-31-15-13-29;/h3-11,21H,12-17H2,1-2H3,(H2,26,27,28);1H. The van der Waals surface area contributed by atoms with Gasteiger partial charge in [0.25, 0.3) is 0 Å². The normalized spacial score (nSPS) is 15.1. The van der Waals surface area contributed by atoms with Crippen molar-refractivity contribution in [3.63, 3.8) is 0 Å². The maximum atomic E-state index is 13.3. The third-order valence-corrected chi connectivity index (χ3v) is 5.88. The lowest BCUT2D eigenvalue weighted by Gasteiger charge is -2.31. The van der Waals surface area contributed by atoms with Crippen LogP contribution in [-0.2, 0) is 16.1 Å². The maximum Gasteiger partial charge on any atom is 0.232 e. The predicted octanol–water partition coefficient (Wildman–Crippen LogP) is 3.67. The number of guanidine groups is 1. The van der Waals surface area contributed by atoms with Gasteiger partial charge in [-0.25, -0.2) is 0 Å². The summed E-state index contributed by atoms with van der Waals surface area (Å²) in [6, 6.07) is 17.9. The molecule has 2 heterocycles. The van der Waals surface area contributed by atoms with Crippen molar-refractivity contribution in [2.24, 2.45) is 4.99 Å². The summed E-state index contributed by atoms with van der Waals surface area (Å²) in [5.41, 5.74) is 2.98. The first-order chi connectivity index (χ1) is 15.7. The molecular formula is C25H31IN4O3. The molecule has 1 aromatic heterocycles. The molecule has 0 bridgehead atoms. The fourth-order valence-electron chi connectivity index (χ4n) is 4.01. The van der Waals surface area contributed by atoms with Crippen molar-refractivity contribution in [2.75, 3.05) is 39.9 Å². The highest BCUT2D eigenvalue weighted by Crippen LogP contribution is 2.24. The van der Waals surface area contributed by atoms with Crippen LogP contribution >= 0.6 is 24.0 Å². The molecule has 1 unspecified atom stereocenters. The van der Waals surface area contributed by atoms with Crippen LogP contribution in [0, 0.1) is 6.92 Å². The number of hydrogen-bond donors (Lipinski definition) is 2. The number of benzene rings is 2. The minimum atomic E-state index is -0.305. The molecular weight excluding hydrogens is 531 g/mol. The summed E-state index contributed by atoms with van der Waals surface area (Å²) in [6.45, 7) is 5.43. The number of furan rings is 1.